The largest absolute Gasteiger partial charge is 0.489 e. The van der Waals surface area contributed by atoms with E-state index in [9.17, 15) is 4.79 Å². The standard InChI is InChI=1S/C28H20Cl4N2O3/c29-21-9-8-20(25(31)14-21)17-37-27-4-2-1-3-23(27)28(35)34-33-15-18-5-10-22(11-6-18)36-16-19-7-12-24(30)26(32)13-19/h1-15H,16-17H2,(H,34,35)/b33-15-. The zero-order valence-corrected chi connectivity index (χ0v) is 22.3. The van der Waals surface area contributed by atoms with Gasteiger partial charge in [-0.2, -0.15) is 5.10 Å². The minimum atomic E-state index is -0.407. The molecular weight excluding hydrogens is 554 g/mol. The first-order valence-corrected chi connectivity index (χ1v) is 12.6. The van der Waals surface area contributed by atoms with Gasteiger partial charge in [0.2, 0.25) is 0 Å². The molecule has 0 saturated carbocycles. The fourth-order valence-corrected chi connectivity index (χ4v) is 4.03. The van der Waals surface area contributed by atoms with Gasteiger partial charge in [0.1, 0.15) is 24.7 Å². The molecule has 4 aromatic carbocycles. The van der Waals surface area contributed by atoms with Crippen LogP contribution < -0.4 is 14.9 Å². The smallest absolute Gasteiger partial charge is 0.275 e. The van der Waals surface area contributed by atoms with Gasteiger partial charge in [-0.3, -0.25) is 4.79 Å². The quantitative estimate of drug-likeness (QED) is 0.162. The highest BCUT2D eigenvalue weighted by Crippen LogP contribution is 2.25. The van der Waals surface area contributed by atoms with Gasteiger partial charge in [-0.1, -0.05) is 70.7 Å². The maximum absolute atomic E-state index is 12.7. The number of hydrogen-bond donors (Lipinski definition) is 1. The number of carbonyl (C=O) groups excluding carboxylic acids is 1. The van der Waals surface area contributed by atoms with Crippen LogP contribution in [0.2, 0.25) is 20.1 Å². The van der Waals surface area contributed by atoms with Crippen LogP contribution in [0, 0.1) is 0 Å². The molecule has 0 spiro atoms. The molecule has 4 rings (SSSR count). The molecule has 0 aliphatic rings. The van der Waals surface area contributed by atoms with Gasteiger partial charge in [-0.05, 0) is 71.8 Å². The summed E-state index contributed by atoms with van der Waals surface area (Å²) in [5.41, 5.74) is 5.31. The van der Waals surface area contributed by atoms with Crippen LogP contribution in [-0.4, -0.2) is 12.1 Å². The molecule has 0 aliphatic heterocycles. The lowest BCUT2D eigenvalue weighted by molar-refractivity contribution is 0.0950. The van der Waals surface area contributed by atoms with Crippen molar-refractivity contribution in [1.82, 2.24) is 5.43 Å². The van der Waals surface area contributed by atoms with E-state index in [1.165, 1.54) is 6.21 Å². The molecule has 0 aliphatic carbocycles. The van der Waals surface area contributed by atoms with Crippen LogP contribution in [0.5, 0.6) is 11.5 Å². The predicted octanol–water partition coefficient (Wildman–Crippen LogP) is 8.22. The first-order valence-electron chi connectivity index (χ1n) is 11.0. The van der Waals surface area contributed by atoms with Gasteiger partial charge in [0, 0.05) is 15.6 Å². The van der Waals surface area contributed by atoms with E-state index in [-0.39, 0.29) is 6.61 Å². The third-order valence-corrected chi connectivity index (χ3v) is 6.51. The van der Waals surface area contributed by atoms with Crippen LogP contribution in [0.3, 0.4) is 0 Å². The number of nitrogens with one attached hydrogen (secondary N) is 1. The zero-order chi connectivity index (χ0) is 26.2. The predicted molar refractivity (Wildman–Crippen MR) is 150 cm³/mol. The Morgan fingerprint density at radius 1 is 0.784 bits per heavy atom. The second-order valence-corrected chi connectivity index (χ2v) is 9.48. The minimum absolute atomic E-state index is 0.184. The lowest BCUT2D eigenvalue weighted by atomic mass is 10.2. The Bertz CT molecular complexity index is 1430. The summed E-state index contributed by atoms with van der Waals surface area (Å²) in [5.74, 6) is 0.680. The van der Waals surface area contributed by atoms with Gasteiger partial charge in [0.15, 0.2) is 0 Å². The van der Waals surface area contributed by atoms with Gasteiger partial charge in [0.05, 0.1) is 21.8 Å². The van der Waals surface area contributed by atoms with Gasteiger partial charge in [0.25, 0.3) is 5.91 Å². The van der Waals surface area contributed by atoms with E-state index in [0.717, 1.165) is 16.7 Å². The van der Waals surface area contributed by atoms with Crippen molar-refractivity contribution in [1.29, 1.82) is 0 Å². The number of amides is 1. The van der Waals surface area contributed by atoms with E-state index in [1.807, 2.05) is 30.3 Å². The highest BCUT2D eigenvalue weighted by atomic mass is 35.5. The van der Waals surface area contributed by atoms with Crippen LogP contribution >= 0.6 is 46.4 Å². The summed E-state index contributed by atoms with van der Waals surface area (Å²) in [6.07, 6.45) is 1.54. The van der Waals surface area contributed by atoms with Crippen LogP contribution in [0.25, 0.3) is 0 Å². The summed E-state index contributed by atoms with van der Waals surface area (Å²) in [4.78, 5) is 12.7. The maximum atomic E-state index is 12.7. The van der Waals surface area contributed by atoms with Gasteiger partial charge in [-0.25, -0.2) is 5.43 Å². The van der Waals surface area contributed by atoms with E-state index in [4.69, 9.17) is 55.9 Å². The van der Waals surface area contributed by atoms with E-state index in [2.05, 4.69) is 10.5 Å². The Morgan fingerprint density at radius 2 is 1.57 bits per heavy atom. The molecule has 0 atom stereocenters. The zero-order valence-electron chi connectivity index (χ0n) is 19.3. The minimum Gasteiger partial charge on any atom is -0.489 e. The second-order valence-electron chi connectivity index (χ2n) is 7.83. The van der Waals surface area contributed by atoms with Crippen molar-refractivity contribution >= 4 is 58.5 Å². The van der Waals surface area contributed by atoms with Crippen LogP contribution in [-0.2, 0) is 13.2 Å². The number of hydrogen-bond acceptors (Lipinski definition) is 4. The van der Waals surface area contributed by atoms with Crippen molar-refractivity contribution < 1.29 is 14.3 Å². The summed E-state index contributed by atoms with van der Waals surface area (Å²) in [5, 5.41) is 6.07. The maximum Gasteiger partial charge on any atom is 0.275 e. The Hall–Kier alpha value is -3.22. The van der Waals surface area contributed by atoms with Gasteiger partial charge >= 0.3 is 0 Å². The molecule has 5 nitrogen and oxygen atoms in total. The Labute approximate surface area is 234 Å². The van der Waals surface area contributed by atoms with Crippen molar-refractivity contribution in [2.24, 2.45) is 5.10 Å². The van der Waals surface area contributed by atoms with Crippen molar-refractivity contribution in [2.45, 2.75) is 13.2 Å². The van der Waals surface area contributed by atoms with Gasteiger partial charge in [-0.15, -0.1) is 0 Å². The Morgan fingerprint density at radius 3 is 2.32 bits per heavy atom. The molecule has 4 aromatic rings. The SMILES string of the molecule is O=C(N/N=C\c1ccc(OCc2ccc(Cl)c(Cl)c2)cc1)c1ccccc1OCc1ccc(Cl)cc1Cl. The molecule has 0 fully saturated rings. The lowest BCUT2D eigenvalue weighted by Crippen LogP contribution is -2.18. The topological polar surface area (TPSA) is 59.9 Å². The summed E-state index contributed by atoms with van der Waals surface area (Å²) < 4.78 is 11.6. The number of para-hydroxylation sites is 1. The molecule has 188 valence electrons. The number of benzene rings is 4. The molecule has 0 aromatic heterocycles. The molecule has 37 heavy (non-hydrogen) atoms. The summed E-state index contributed by atoms with van der Waals surface area (Å²) in [6, 6.07) is 24.7. The molecule has 0 bridgehead atoms. The highest BCUT2D eigenvalue weighted by Gasteiger charge is 2.12. The number of nitrogens with zero attached hydrogens (tertiary/aromatic N) is 1. The van der Waals surface area contributed by atoms with E-state index in [0.29, 0.717) is 43.8 Å². The number of hydrazone groups is 1. The van der Waals surface area contributed by atoms with Crippen LogP contribution in [0.4, 0.5) is 0 Å². The second kappa shape index (κ2) is 12.8. The summed E-state index contributed by atoms with van der Waals surface area (Å²) in [6.45, 7) is 0.537. The third-order valence-electron chi connectivity index (χ3n) is 5.18. The van der Waals surface area contributed by atoms with Crippen LogP contribution in [0.15, 0.2) is 90.0 Å². The molecule has 0 unspecified atom stereocenters. The molecule has 0 heterocycles. The molecular formula is C28H20Cl4N2O3. The van der Waals surface area contributed by atoms with Crippen molar-refractivity contribution in [3.05, 3.63) is 127 Å². The summed E-state index contributed by atoms with van der Waals surface area (Å²) in [7, 11) is 0. The van der Waals surface area contributed by atoms with Crippen molar-refractivity contribution in [2.75, 3.05) is 0 Å². The average Bonchev–Trinajstić information content (AvgIpc) is 2.90. The van der Waals surface area contributed by atoms with E-state index in [1.54, 1.807) is 54.6 Å². The number of halogens is 4. The molecule has 1 amide bonds. The Balaban J connectivity index is 1.31. The van der Waals surface area contributed by atoms with Crippen molar-refractivity contribution in [3.63, 3.8) is 0 Å². The third kappa shape index (κ3) is 7.63. The monoisotopic (exact) mass is 572 g/mol. The van der Waals surface area contributed by atoms with Gasteiger partial charge < -0.3 is 9.47 Å². The first-order chi connectivity index (χ1) is 17.9. The van der Waals surface area contributed by atoms with E-state index < -0.39 is 5.91 Å². The lowest BCUT2D eigenvalue weighted by Gasteiger charge is -2.11. The molecule has 0 saturated heterocycles. The number of carbonyl (C=O) groups is 1. The highest BCUT2D eigenvalue weighted by molar-refractivity contribution is 6.42. The van der Waals surface area contributed by atoms with E-state index >= 15 is 0 Å². The summed E-state index contributed by atoms with van der Waals surface area (Å²) >= 11 is 24.1. The van der Waals surface area contributed by atoms with Crippen molar-refractivity contribution in [3.8, 4) is 11.5 Å². The fourth-order valence-electron chi connectivity index (χ4n) is 3.25. The fraction of sp³-hybridized carbons (Fsp3) is 0.0714. The number of ether oxygens (including phenoxy) is 2. The molecule has 9 heteroatoms. The molecule has 1 N–H and O–H groups in total. The molecule has 0 radical (unpaired) electrons. The number of rotatable bonds is 9. The Kier molecular flexibility index (Phi) is 9.31. The normalized spacial score (nSPS) is 10.9. The average molecular weight is 574 g/mol. The first kappa shape index (κ1) is 26.8. The van der Waals surface area contributed by atoms with Crippen LogP contribution in [0.1, 0.15) is 27.0 Å².